The lowest BCUT2D eigenvalue weighted by Gasteiger charge is -2.22. The molecular formula is C20H25F2N5O2. The van der Waals surface area contributed by atoms with Crippen LogP contribution in [0.3, 0.4) is 0 Å². The molecule has 0 aliphatic heterocycles. The van der Waals surface area contributed by atoms with Crippen molar-refractivity contribution in [2.45, 2.75) is 44.7 Å². The zero-order chi connectivity index (χ0) is 20.7. The number of hydrogen-bond acceptors (Lipinski definition) is 5. The monoisotopic (exact) mass is 405 g/mol. The van der Waals surface area contributed by atoms with Crippen LogP contribution in [-0.2, 0) is 4.79 Å². The maximum Gasteiger partial charge on any atom is 0.241 e. The fraction of sp³-hybridized carbons (Fsp3) is 0.550. The van der Waals surface area contributed by atoms with Gasteiger partial charge in [0.2, 0.25) is 17.7 Å². The Hall–Kier alpha value is -2.55. The van der Waals surface area contributed by atoms with Gasteiger partial charge in [0, 0.05) is 5.56 Å². The lowest BCUT2D eigenvalue weighted by atomic mass is 9.89. The standard InChI is InChI=1S/C20H25F2N5O2/c1-10(14-7-13(21)8-24-20(14)29-2)27-18(22)15(9-25-27)26-19(28)17(23)16(11-3-4-11)12-5-6-12/h7-12,16-17H,3-6,23H2,1-2H3,(H,26,28)/t10-,17-/m0/s1. The van der Waals surface area contributed by atoms with Crippen LogP contribution in [-0.4, -0.2) is 33.8 Å². The second kappa shape index (κ2) is 7.70. The molecule has 29 heavy (non-hydrogen) atoms. The minimum Gasteiger partial charge on any atom is -0.481 e. The molecule has 3 N–H and O–H groups in total. The molecule has 7 nitrogen and oxygen atoms in total. The Kier molecular flexibility index (Phi) is 5.24. The molecule has 2 aliphatic carbocycles. The predicted octanol–water partition coefficient (Wildman–Crippen LogP) is 2.88. The van der Waals surface area contributed by atoms with Crippen LogP contribution < -0.4 is 15.8 Å². The van der Waals surface area contributed by atoms with Crippen molar-refractivity contribution in [3.05, 3.63) is 35.8 Å². The summed E-state index contributed by atoms with van der Waals surface area (Å²) in [7, 11) is 1.40. The summed E-state index contributed by atoms with van der Waals surface area (Å²) in [5.41, 5.74) is 6.51. The SMILES string of the molecule is COc1ncc(F)cc1[C@H](C)n1ncc(NC(=O)[C@@H](N)C(C2CC2)C2CC2)c1F. The number of nitrogens with zero attached hydrogens (tertiary/aromatic N) is 3. The molecule has 9 heteroatoms. The number of carbonyl (C=O) groups is 1. The highest BCUT2D eigenvalue weighted by Gasteiger charge is 2.46. The molecule has 4 rings (SSSR count). The fourth-order valence-corrected chi connectivity index (χ4v) is 4.07. The van der Waals surface area contributed by atoms with E-state index in [2.05, 4.69) is 15.4 Å². The summed E-state index contributed by atoms with van der Waals surface area (Å²) in [5.74, 6) is -0.352. The van der Waals surface area contributed by atoms with Gasteiger partial charge in [-0.2, -0.15) is 9.49 Å². The van der Waals surface area contributed by atoms with Gasteiger partial charge in [-0.25, -0.2) is 14.1 Å². The molecule has 2 aromatic heterocycles. The Labute approximate surface area is 167 Å². The summed E-state index contributed by atoms with van der Waals surface area (Å²) < 4.78 is 34.8. The summed E-state index contributed by atoms with van der Waals surface area (Å²) >= 11 is 0. The van der Waals surface area contributed by atoms with E-state index in [0.29, 0.717) is 17.4 Å². The van der Waals surface area contributed by atoms with Crippen molar-refractivity contribution < 1.29 is 18.3 Å². The van der Waals surface area contributed by atoms with Crippen LogP contribution in [0.25, 0.3) is 0 Å². The van der Waals surface area contributed by atoms with E-state index in [1.54, 1.807) is 6.92 Å². The largest absolute Gasteiger partial charge is 0.481 e. The average molecular weight is 405 g/mol. The number of anilines is 1. The Morgan fingerprint density at radius 3 is 2.52 bits per heavy atom. The van der Waals surface area contributed by atoms with Crippen molar-refractivity contribution in [3.63, 3.8) is 0 Å². The van der Waals surface area contributed by atoms with Gasteiger partial charge in [0.05, 0.1) is 31.6 Å². The topological polar surface area (TPSA) is 95.1 Å². The molecule has 2 fully saturated rings. The molecule has 0 spiro atoms. The van der Waals surface area contributed by atoms with Crippen LogP contribution >= 0.6 is 0 Å². The molecule has 2 aliphatic rings. The van der Waals surface area contributed by atoms with Crippen LogP contribution in [0, 0.1) is 29.5 Å². The highest BCUT2D eigenvalue weighted by molar-refractivity contribution is 5.94. The van der Waals surface area contributed by atoms with Gasteiger partial charge in [0.25, 0.3) is 0 Å². The van der Waals surface area contributed by atoms with E-state index in [0.717, 1.165) is 36.6 Å². The second-order valence-electron chi connectivity index (χ2n) is 7.99. The molecule has 2 aromatic rings. The van der Waals surface area contributed by atoms with Gasteiger partial charge in [0.15, 0.2) is 0 Å². The molecule has 0 radical (unpaired) electrons. The molecule has 0 bridgehead atoms. The number of halogens is 2. The van der Waals surface area contributed by atoms with Gasteiger partial charge in [-0.05, 0) is 56.4 Å². The number of hydrogen-bond donors (Lipinski definition) is 2. The minimum absolute atomic E-state index is 0.0500. The fourth-order valence-electron chi connectivity index (χ4n) is 4.07. The Morgan fingerprint density at radius 2 is 1.93 bits per heavy atom. The van der Waals surface area contributed by atoms with Gasteiger partial charge in [0.1, 0.15) is 11.5 Å². The summed E-state index contributed by atoms with van der Waals surface area (Å²) in [4.78, 5) is 16.5. The van der Waals surface area contributed by atoms with Crippen molar-refractivity contribution in [2.75, 3.05) is 12.4 Å². The van der Waals surface area contributed by atoms with Crippen molar-refractivity contribution in [2.24, 2.45) is 23.5 Å². The third-order valence-electron chi connectivity index (χ3n) is 5.90. The maximum atomic E-state index is 15.0. The molecule has 1 amide bonds. The van der Waals surface area contributed by atoms with Crippen molar-refractivity contribution >= 4 is 11.6 Å². The first-order chi connectivity index (χ1) is 13.9. The molecule has 2 heterocycles. The Morgan fingerprint density at radius 1 is 1.28 bits per heavy atom. The molecule has 0 saturated heterocycles. The van der Waals surface area contributed by atoms with Crippen LogP contribution in [0.2, 0.25) is 0 Å². The van der Waals surface area contributed by atoms with Crippen molar-refractivity contribution in [1.29, 1.82) is 0 Å². The summed E-state index contributed by atoms with van der Waals surface area (Å²) in [6.07, 6.45) is 6.69. The van der Waals surface area contributed by atoms with Crippen LogP contribution in [0.5, 0.6) is 5.88 Å². The number of aromatic nitrogens is 3. The Balaban J connectivity index is 1.51. The summed E-state index contributed by atoms with van der Waals surface area (Å²) in [6, 6.07) is -0.136. The zero-order valence-electron chi connectivity index (χ0n) is 16.4. The van der Waals surface area contributed by atoms with Gasteiger partial charge < -0.3 is 15.8 Å². The van der Waals surface area contributed by atoms with Crippen LogP contribution in [0.15, 0.2) is 18.5 Å². The molecule has 0 aromatic carbocycles. The number of nitrogens with two attached hydrogens (primary N) is 1. The van der Waals surface area contributed by atoms with Gasteiger partial charge in [-0.15, -0.1) is 0 Å². The maximum absolute atomic E-state index is 15.0. The number of amides is 1. The third kappa shape index (κ3) is 3.96. The molecule has 2 saturated carbocycles. The van der Waals surface area contributed by atoms with E-state index in [1.807, 2.05) is 0 Å². The molecule has 156 valence electrons. The van der Waals surface area contributed by atoms with E-state index < -0.39 is 29.8 Å². The highest BCUT2D eigenvalue weighted by atomic mass is 19.1. The van der Waals surface area contributed by atoms with Gasteiger partial charge in [-0.1, -0.05) is 0 Å². The quantitative estimate of drug-likeness (QED) is 0.704. The smallest absolute Gasteiger partial charge is 0.241 e. The van der Waals surface area contributed by atoms with E-state index in [1.165, 1.54) is 19.4 Å². The lowest BCUT2D eigenvalue weighted by Crippen LogP contribution is -2.43. The number of methoxy groups -OCH3 is 1. The predicted molar refractivity (Wildman–Crippen MR) is 102 cm³/mol. The molecular weight excluding hydrogens is 380 g/mol. The number of carbonyl (C=O) groups excluding carboxylic acids is 1. The van der Waals surface area contributed by atoms with Crippen LogP contribution in [0.1, 0.15) is 44.2 Å². The normalized spacial score (nSPS) is 18.6. The highest BCUT2D eigenvalue weighted by Crippen LogP contribution is 2.50. The summed E-state index contributed by atoms with van der Waals surface area (Å²) in [6.45, 7) is 1.64. The first-order valence-corrected chi connectivity index (χ1v) is 9.89. The van der Waals surface area contributed by atoms with E-state index >= 15 is 0 Å². The second-order valence-corrected chi connectivity index (χ2v) is 7.99. The first kappa shape index (κ1) is 19.8. The summed E-state index contributed by atoms with van der Waals surface area (Å²) in [5, 5.41) is 6.61. The number of pyridine rings is 1. The van der Waals surface area contributed by atoms with E-state index in [9.17, 15) is 13.6 Å². The molecule has 0 unspecified atom stereocenters. The number of rotatable bonds is 8. The van der Waals surface area contributed by atoms with E-state index in [-0.39, 0.29) is 17.5 Å². The lowest BCUT2D eigenvalue weighted by molar-refractivity contribution is -0.118. The average Bonchev–Trinajstić information content (AvgIpc) is 3.63. The Bertz CT molecular complexity index is 898. The van der Waals surface area contributed by atoms with Gasteiger partial charge >= 0.3 is 0 Å². The zero-order valence-corrected chi connectivity index (χ0v) is 16.4. The minimum atomic E-state index is -0.737. The van der Waals surface area contributed by atoms with Crippen molar-refractivity contribution in [3.8, 4) is 5.88 Å². The number of nitrogens with one attached hydrogen (secondary N) is 1. The number of ether oxygens (including phenoxy) is 1. The van der Waals surface area contributed by atoms with Crippen LogP contribution in [0.4, 0.5) is 14.5 Å². The molecule has 2 atom stereocenters. The van der Waals surface area contributed by atoms with Crippen molar-refractivity contribution in [1.82, 2.24) is 14.8 Å². The third-order valence-corrected chi connectivity index (χ3v) is 5.90. The van der Waals surface area contributed by atoms with Gasteiger partial charge in [-0.3, -0.25) is 4.79 Å². The van der Waals surface area contributed by atoms with E-state index in [4.69, 9.17) is 10.5 Å². The first-order valence-electron chi connectivity index (χ1n) is 9.89.